The minimum atomic E-state index is -0.186. The number of rotatable bonds is 3. The number of amides is 1. The highest BCUT2D eigenvalue weighted by Crippen LogP contribution is 2.31. The van der Waals surface area contributed by atoms with E-state index >= 15 is 0 Å². The number of nitriles is 1. The number of nitrogens with one attached hydrogen (secondary N) is 1. The van der Waals surface area contributed by atoms with Gasteiger partial charge >= 0.3 is 0 Å². The van der Waals surface area contributed by atoms with Crippen molar-refractivity contribution in [3.63, 3.8) is 0 Å². The maximum atomic E-state index is 12.3. The van der Waals surface area contributed by atoms with Crippen LogP contribution in [0.15, 0.2) is 30.7 Å². The molecule has 7 heteroatoms. The average molecular weight is 299 g/mol. The molecule has 0 unspecified atom stereocenters. The van der Waals surface area contributed by atoms with Crippen LogP contribution >= 0.6 is 11.3 Å². The molecule has 0 saturated carbocycles. The third-order valence-corrected chi connectivity index (χ3v) is 4.39. The molecule has 6 nitrogen and oxygen atoms in total. The van der Waals surface area contributed by atoms with E-state index in [1.54, 1.807) is 18.6 Å². The highest BCUT2D eigenvalue weighted by molar-refractivity contribution is 7.19. The summed E-state index contributed by atoms with van der Waals surface area (Å²) in [5, 5.41) is 12.8. The number of hydrogen-bond acceptors (Lipinski definition) is 6. The predicted octanol–water partition coefficient (Wildman–Crippen LogP) is 1.63. The number of carbonyl (C=O) groups excluding carboxylic acids is 1. The predicted molar refractivity (Wildman–Crippen MR) is 79.4 cm³/mol. The second-order valence-electron chi connectivity index (χ2n) is 4.71. The molecule has 21 heavy (non-hydrogen) atoms. The van der Waals surface area contributed by atoms with Crippen molar-refractivity contribution in [2.24, 2.45) is 5.92 Å². The van der Waals surface area contributed by atoms with Gasteiger partial charge in [0.2, 0.25) is 11.0 Å². The monoisotopic (exact) mass is 299 g/mol. The quantitative estimate of drug-likeness (QED) is 0.688. The first-order valence-corrected chi connectivity index (χ1v) is 7.42. The van der Waals surface area contributed by atoms with E-state index in [4.69, 9.17) is 0 Å². The topological polar surface area (TPSA) is 81.9 Å². The lowest BCUT2D eigenvalue weighted by Crippen LogP contribution is -2.33. The molecule has 1 N–H and O–H groups in total. The molecule has 0 bridgehead atoms. The Morgan fingerprint density at radius 2 is 2.43 bits per heavy atom. The fraction of sp³-hybridized carbons (Fsp3) is 0.286. The average Bonchev–Trinajstić information content (AvgIpc) is 3.21. The molecule has 1 aliphatic heterocycles. The molecule has 3 heterocycles. The third kappa shape index (κ3) is 2.77. The zero-order valence-electron chi connectivity index (χ0n) is 11.2. The van der Waals surface area contributed by atoms with Crippen molar-refractivity contribution in [3.8, 4) is 16.6 Å². The first-order valence-electron chi connectivity index (χ1n) is 6.60. The zero-order valence-corrected chi connectivity index (χ0v) is 12.0. The first-order chi connectivity index (χ1) is 10.3. The van der Waals surface area contributed by atoms with E-state index in [1.807, 2.05) is 18.3 Å². The van der Waals surface area contributed by atoms with Crippen LogP contribution in [0, 0.1) is 17.4 Å². The van der Waals surface area contributed by atoms with Crippen LogP contribution in [0.3, 0.4) is 0 Å². The maximum Gasteiger partial charge on any atom is 0.246 e. The van der Waals surface area contributed by atoms with E-state index in [0.29, 0.717) is 11.7 Å². The number of thiazole rings is 1. The lowest BCUT2D eigenvalue weighted by molar-refractivity contribution is -0.121. The van der Waals surface area contributed by atoms with Gasteiger partial charge in [-0.05, 0) is 19.0 Å². The summed E-state index contributed by atoms with van der Waals surface area (Å²) < 4.78 is 0. The minimum absolute atomic E-state index is 0.143. The van der Waals surface area contributed by atoms with Gasteiger partial charge in [-0.1, -0.05) is 17.4 Å². The largest absolute Gasteiger partial charge is 0.316 e. The van der Waals surface area contributed by atoms with Gasteiger partial charge in [-0.2, -0.15) is 10.2 Å². The lowest BCUT2D eigenvalue weighted by atomic mass is 10.1. The summed E-state index contributed by atoms with van der Waals surface area (Å²) in [5.41, 5.74) is 0.925. The molecular formula is C14H13N5OS. The van der Waals surface area contributed by atoms with Gasteiger partial charge in [0.1, 0.15) is 0 Å². The molecule has 1 amide bonds. The van der Waals surface area contributed by atoms with Crippen LogP contribution in [0.1, 0.15) is 6.42 Å². The Labute approximate surface area is 126 Å². The highest BCUT2D eigenvalue weighted by Gasteiger charge is 2.29. The summed E-state index contributed by atoms with van der Waals surface area (Å²) in [4.78, 5) is 22.6. The molecule has 1 atom stereocenters. The molecule has 0 radical (unpaired) electrons. The normalized spacial score (nSPS) is 17.4. The van der Waals surface area contributed by atoms with Crippen LogP contribution < -0.4 is 10.2 Å². The van der Waals surface area contributed by atoms with Gasteiger partial charge in [-0.25, -0.2) is 4.98 Å². The fourth-order valence-electron chi connectivity index (χ4n) is 2.24. The molecule has 106 valence electrons. The van der Waals surface area contributed by atoms with Crippen molar-refractivity contribution in [1.82, 2.24) is 15.3 Å². The number of anilines is 1. The van der Waals surface area contributed by atoms with Crippen LogP contribution in [0.4, 0.5) is 5.13 Å². The summed E-state index contributed by atoms with van der Waals surface area (Å²) in [7, 11) is 0. The Kier molecular flexibility index (Phi) is 3.90. The first kappa shape index (κ1) is 13.7. The maximum absolute atomic E-state index is 12.3. The van der Waals surface area contributed by atoms with Crippen molar-refractivity contribution < 1.29 is 4.79 Å². The van der Waals surface area contributed by atoms with Crippen LogP contribution in [-0.2, 0) is 4.79 Å². The van der Waals surface area contributed by atoms with Crippen molar-refractivity contribution in [2.45, 2.75) is 6.42 Å². The van der Waals surface area contributed by atoms with Crippen molar-refractivity contribution in [1.29, 1.82) is 5.26 Å². The van der Waals surface area contributed by atoms with Crippen molar-refractivity contribution in [3.05, 3.63) is 30.7 Å². The minimum Gasteiger partial charge on any atom is -0.316 e. The molecule has 1 fully saturated rings. The molecule has 1 saturated heterocycles. The Bertz CT molecular complexity index is 672. The van der Waals surface area contributed by atoms with Gasteiger partial charge < -0.3 is 5.32 Å². The van der Waals surface area contributed by atoms with Crippen LogP contribution in [0.5, 0.6) is 0 Å². The van der Waals surface area contributed by atoms with E-state index in [0.717, 1.165) is 28.3 Å². The van der Waals surface area contributed by atoms with E-state index in [-0.39, 0.29) is 11.8 Å². The Hall–Kier alpha value is -2.30. The summed E-state index contributed by atoms with van der Waals surface area (Å²) in [6.07, 6.45) is 7.81. The van der Waals surface area contributed by atoms with E-state index in [1.165, 1.54) is 11.3 Å². The van der Waals surface area contributed by atoms with Gasteiger partial charge in [-0.3, -0.25) is 9.78 Å². The smallest absolute Gasteiger partial charge is 0.246 e. The lowest BCUT2D eigenvalue weighted by Gasteiger charge is -2.14. The molecule has 2 aromatic heterocycles. The Balaban J connectivity index is 1.84. The van der Waals surface area contributed by atoms with Gasteiger partial charge in [-0.15, -0.1) is 0 Å². The number of nitrogens with zero attached hydrogens (tertiary/aromatic N) is 4. The fourth-order valence-corrected chi connectivity index (χ4v) is 3.11. The standard InChI is InChI=1S/C14H13N5OS/c15-9-19(13(20)11-3-5-17-7-11)14-18-8-12(21-14)10-2-1-4-16-6-10/h1-2,4,6,8,11,17H,3,5,7H2/t11-/m0/s1. The van der Waals surface area contributed by atoms with Gasteiger partial charge in [0.05, 0.1) is 10.8 Å². The molecule has 0 spiro atoms. The third-order valence-electron chi connectivity index (χ3n) is 3.36. The second kappa shape index (κ2) is 5.99. The number of aromatic nitrogens is 2. The van der Waals surface area contributed by atoms with Gasteiger partial charge in [0.15, 0.2) is 6.19 Å². The van der Waals surface area contributed by atoms with Crippen molar-refractivity contribution >= 4 is 22.4 Å². The Morgan fingerprint density at radius 3 is 3.10 bits per heavy atom. The van der Waals surface area contributed by atoms with Crippen molar-refractivity contribution in [2.75, 3.05) is 18.0 Å². The van der Waals surface area contributed by atoms with E-state index < -0.39 is 0 Å². The molecule has 0 aliphatic carbocycles. The number of carbonyl (C=O) groups is 1. The zero-order chi connectivity index (χ0) is 14.7. The summed E-state index contributed by atoms with van der Waals surface area (Å²) in [6, 6.07) is 3.76. The summed E-state index contributed by atoms with van der Waals surface area (Å²) in [5.74, 6) is -0.329. The number of hydrogen-bond donors (Lipinski definition) is 1. The molecule has 1 aliphatic rings. The number of pyridine rings is 1. The molecule has 2 aromatic rings. The van der Waals surface area contributed by atoms with Crippen LogP contribution in [0.25, 0.3) is 10.4 Å². The SMILES string of the molecule is N#CN(C(=O)[C@H]1CCNC1)c1ncc(-c2cccnc2)s1. The molecular weight excluding hydrogens is 286 g/mol. The van der Waals surface area contributed by atoms with E-state index in [9.17, 15) is 10.1 Å². The Morgan fingerprint density at radius 1 is 1.52 bits per heavy atom. The van der Waals surface area contributed by atoms with Crippen LogP contribution in [-0.4, -0.2) is 29.0 Å². The van der Waals surface area contributed by atoms with E-state index in [2.05, 4.69) is 15.3 Å². The molecule has 0 aromatic carbocycles. The molecule has 3 rings (SSSR count). The highest BCUT2D eigenvalue weighted by atomic mass is 32.1. The second-order valence-corrected chi connectivity index (χ2v) is 5.72. The van der Waals surface area contributed by atoms with Gasteiger partial charge in [0, 0.05) is 30.7 Å². The van der Waals surface area contributed by atoms with Crippen LogP contribution in [0.2, 0.25) is 0 Å². The summed E-state index contributed by atoms with van der Waals surface area (Å²) in [6.45, 7) is 1.44. The summed E-state index contributed by atoms with van der Waals surface area (Å²) >= 11 is 1.32. The van der Waals surface area contributed by atoms with Gasteiger partial charge in [0.25, 0.3) is 0 Å².